The summed E-state index contributed by atoms with van der Waals surface area (Å²) in [4.78, 5) is 12.0. The van der Waals surface area contributed by atoms with Crippen molar-refractivity contribution in [3.63, 3.8) is 0 Å². The maximum atomic E-state index is 12.8. The lowest BCUT2D eigenvalue weighted by atomic mass is 9.85. The van der Waals surface area contributed by atoms with Gasteiger partial charge in [0.25, 0.3) is 0 Å². The third-order valence-corrected chi connectivity index (χ3v) is 4.39. The molecule has 1 heterocycles. The van der Waals surface area contributed by atoms with Crippen molar-refractivity contribution in [2.75, 3.05) is 19.6 Å². The number of halogens is 1. The fraction of sp³-hybridized carbons (Fsp3) is 0.588. The molecule has 1 aromatic rings. The van der Waals surface area contributed by atoms with Crippen LogP contribution in [0.4, 0.5) is 4.39 Å². The second-order valence-electron chi connectivity index (χ2n) is 6.16. The first-order valence-corrected chi connectivity index (χ1v) is 7.97. The topological polar surface area (TPSA) is 61.4 Å². The van der Waals surface area contributed by atoms with Gasteiger partial charge >= 0.3 is 0 Å². The van der Waals surface area contributed by atoms with Crippen LogP contribution in [-0.2, 0) is 4.79 Å². The Morgan fingerprint density at radius 2 is 2.18 bits per heavy atom. The van der Waals surface area contributed by atoms with Crippen molar-refractivity contribution in [2.45, 2.75) is 32.3 Å². The normalized spacial score (nSPS) is 21.1. The standard InChI is InChI=1S/C17H25FN2O2/c1-12(14-3-2-8-19-10-14)9-17(22)20-11-16(21)13-4-6-15(18)7-5-13/h4-7,12,14,16,19,21H,2-3,8-11H2,1H3,(H,20,22). The van der Waals surface area contributed by atoms with Gasteiger partial charge in [-0.25, -0.2) is 4.39 Å². The van der Waals surface area contributed by atoms with Gasteiger partial charge in [-0.2, -0.15) is 0 Å². The molecule has 122 valence electrons. The number of amides is 1. The third-order valence-electron chi connectivity index (χ3n) is 4.39. The Hall–Kier alpha value is -1.46. The number of aliphatic hydroxyl groups excluding tert-OH is 1. The van der Waals surface area contributed by atoms with E-state index in [2.05, 4.69) is 17.6 Å². The van der Waals surface area contributed by atoms with Gasteiger partial charge < -0.3 is 15.7 Å². The molecular weight excluding hydrogens is 283 g/mol. The molecule has 0 aromatic heterocycles. The van der Waals surface area contributed by atoms with Gasteiger partial charge in [-0.3, -0.25) is 4.79 Å². The molecule has 3 unspecified atom stereocenters. The minimum atomic E-state index is -0.809. The molecule has 4 nitrogen and oxygen atoms in total. The minimum absolute atomic E-state index is 0.0424. The van der Waals surface area contributed by atoms with Crippen LogP contribution in [0.15, 0.2) is 24.3 Å². The Morgan fingerprint density at radius 3 is 2.82 bits per heavy atom. The number of piperidine rings is 1. The number of carbonyl (C=O) groups excluding carboxylic acids is 1. The van der Waals surface area contributed by atoms with Gasteiger partial charge in [0.05, 0.1) is 6.10 Å². The van der Waals surface area contributed by atoms with Crippen LogP contribution in [0.25, 0.3) is 0 Å². The quantitative estimate of drug-likeness (QED) is 0.753. The van der Waals surface area contributed by atoms with Gasteiger partial charge in [0.15, 0.2) is 0 Å². The summed E-state index contributed by atoms with van der Waals surface area (Å²) < 4.78 is 12.8. The Morgan fingerprint density at radius 1 is 1.45 bits per heavy atom. The van der Waals surface area contributed by atoms with E-state index in [-0.39, 0.29) is 18.3 Å². The zero-order valence-electron chi connectivity index (χ0n) is 13.0. The Bertz CT molecular complexity index is 472. The number of carbonyl (C=O) groups is 1. The van der Waals surface area contributed by atoms with E-state index in [0.717, 1.165) is 13.1 Å². The second-order valence-corrected chi connectivity index (χ2v) is 6.16. The fourth-order valence-electron chi connectivity index (χ4n) is 2.91. The zero-order chi connectivity index (χ0) is 15.9. The molecule has 1 aliphatic heterocycles. The van der Waals surface area contributed by atoms with Crippen molar-refractivity contribution in [3.05, 3.63) is 35.6 Å². The first kappa shape index (κ1) is 16.9. The molecule has 0 bridgehead atoms. The molecule has 2 rings (SSSR count). The van der Waals surface area contributed by atoms with Gasteiger partial charge in [0.1, 0.15) is 5.82 Å². The summed E-state index contributed by atoms with van der Waals surface area (Å²) in [6, 6.07) is 5.67. The lowest BCUT2D eigenvalue weighted by Gasteiger charge is -2.28. The van der Waals surface area contributed by atoms with Crippen LogP contribution in [0, 0.1) is 17.7 Å². The van der Waals surface area contributed by atoms with Crippen molar-refractivity contribution in [1.29, 1.82) is 0 Å². The van der Waals surface area contributed by atoms with Crippen LogP contribution < -0.4 is 10.6 Å². The van der Waals surface area contributed by atoms with Crippen LogP contribution in [0.1, 0.15) is 37.9 Å². The maximum Gasteiger partial charge on any atom is 0.220 e. The highest BCUT2D eigenvalue weighted by molar-refractivity contribution is 5.76. The lowest BCUT2D eigenvalue weighted by molar-refractivity contribution is -0.122. The molecule has 1 aliphatic rings. The summed E-state index contributed by atoms with van der Waals surface area (Å²) in [7, 11) is 0. The van der Waals surface area contributed by atoms with E-state index in [9.17, 15) is 14.3 Å². The lowest BCUT2D eigenvalue weighted by Crippen LogP contribution is -2.36. The molecule has 0 aliphatic carbocycles. The second kappa shape index (κ2) is 8.25. The molecule has 0 saturated carbocycles. The first-order chi connectivity index (χ1) is 10.6. The number of hydrogen-bond acceptors (Lipinski definition) is 3. The van der Waals surface area contributed by atoms with Gasteiger partial charge in [0, 0.05) is 13.0 Å². The molecule has 5 heteroatoms. The summed E-state index contributed by atoms with van der Waals surface area (Å²) in [6.07, 6.45) is 2.00. The predicted molar refractivity (Wildman–Crippen MR) is 83.7 cm³/mol. The number of aliphatic hydroxyl groups is 1. The van der Waals surface area contributed by atoms with E-state index in [1.54, 1.807) is 0 Å². The Kier molecular flexibility index (Phi) is 6.34. The maximum absolute atomic E-state index is 12.8. The van der Waals surface area contributed by atoms with Crippen LogP contribution in [0.5, 0.6) is 0 Å². The zero-order valence-corrected chi connectivity index (χ0v) is 13.0. The highest BCUT2D eigenvalue weighted by Crippen LogP contribution is 2.22. The van der Waals surface area contributed by atoms with Crippen molar-refractivity contribution in [1.82, 2.24) is 10.6 Å². The third kappa shape index (κ3) is 5.07. The molecule has 22 heavy (non-hydrogen) atoms. The van der Waals surface area contributed by atoms with Gasteiger partial charge in [0.2, 0.25) is 5.91 Å². The largest absolute Gasteiger partial charge is 0.387 e. The van der Waals surface area contributed by atoms with Gasteiger partial charge in [-0.1, -0.05) is 19.1 Å². The van der Waals surface area contributed by atoms with Crippen molar-refractivity contribution >= 4 is 5.91 Å². The van der Waals surface area contributed by atoms with E-state index < -0.39 is 6.10 Å². The summed E-state index contributed by atoms with van der Waals surface area (Å²) in [5.41, 5.74) is 0.603. The smallest absolute Gasteiger partial charge is 0.220 e. The molecule has 0 radical (unpaired) electrons. The monoisotopic (exact) mass is 308 g/mol. The summed E-state index contributed by atoms with van der Waals surface area (Å²) in [5, 5.41) is 16.1. The average molecular weight is 308 g/mol. The van der Waals surface area contributed by atoms with E-state index >= 15 is 0 Å². The Balaban J connectivity index is 1.73. The molecule has 1 saturated heterocycles. The number of benzene rings is 1. The molecule has 1 amide bonds. The van der Waals surface area contributed by atoms with Crippen LogP contribution >= 0.6 is 0 Å². The number of nitrogens with one attached hydrogen (secondary N) is 2. The molecule has 0 spiro atoms. The van der Waals surface area contributed by atoms with Gasteiger partial charge in [-0.15, -0.1) is 0 Å². The number of rotatable bonds is 6. The molecule has 1 aromatic carbocycles. The highest BCUT2D eigenvalue weighted by atomic mass is 19.1. The van der Waals surface area contributed by atoms with E-state index in [1.165, 1.54) is 37.1 Å². The summed E-state index contributed by atoms with van der Waals surface area (Å²) in [6.45, 7) is 4.31. The van der Waals surface area contributed by atoms with Crippen molar-refractivity contribution in [3.8, 4) is 0 Å². The molecule has 3 N–H and O–H groups in total. The molecular formula is C17H25FN2O2. The van der Waals surface area contributed by atoms with Crippen molar-refractivity contribution < 1.29 is 14.3 Å². The fourth-order valence-corrected chi connectivity index (χ4v) is 2.91. The van der Waals surface area contributed by atoms with Crippen LogP contribution in [-0.4, -0.2) is 30.6 Å². The van der Waals surface area contributed by atoms with E-state index in [1.807, 2.05) is 0 Å². The van der Waals surface area contributed by atoms with Crippen LogP contribution in [0.2, 0.25) is 0 Å². The van der Waals surface area contributed by atoms with Crippen molar-refractivity contribution in [2.24, 2.45) is 11.8 Å². The molecule has 3 atom stereocenters. The SMILES string of the molecule is CC(CC(=O)NCC(O)c1ccc(F)cc1)C1CCCNC1. The Labute approximate surface area is 131 Å². The summed E-state index contributed by atoms with van der Waals surface area (Å²) >= 11 is 0. The average Bonchev–Trinajstić information content (AvgIpc) is 2.54. The number of hydrogen-bond donors (Lipinski definition) is 3. The molecule has 1 fully saturated rings. The van der Waals surface area contributed by atoms with Gasteiger partial charge in [-0.05, 0) is 55.5 Å². The summed E-state index contributed by atoms with van der Waals surface area (Å²) in [5.74, 6) is 0.492. The highest BCUT2D eigenvalue weighted by Gasteiger charge is 2.22. The predicted octanol–water partition coefficient (Wildman–Crippen LogP) is 2.00. The van der Waals surface area contributed by atoms with Crippen LogP contribution in [0.3, 0.4) is 0 Å². The minimum Gasteiger partial charge on any atom is -0.387 e. The first-order valence-electron chi connectivity index (χ1n) is 7.97. The van der Waals surface area contributed by atoms with E-state index in [4.69, 9.17) is 0 Å². The van der Waals surface area contributed by atoms with E-state index in [0.29, 0.717) is 23.8 Å².